The van der Waals surface area contributed by atoms with Crippen molar-refractivity contribution in [1.82, 2.24) is 4.98 Å². The van der Waals surface area contributed by atoms with Gasteiger partial charge in [0.15, 0.2) is 0 Å². The second kappa shape index (κ2) is 4.00. The standard InChI is InChI=1S/C12H14N2O3/c15-12(16)11-5-8(3-4-13-11)14-6-9-1-2-10(7-14)17-9/h3-5,9-10H,1-2,6-7H2,(H,15,16). The molecule has 2 saturated heterocycles. The second-order valence-corrected chi connectivity index (χ2v) is 4.57. The molecule has 5 heteroatoms. The first-order valence-electron chi connectivity index (χ1n) is 5.82. The molecule has 0 radical (unpaired) electrons. The van der Waals surface area contributed by atoms with E-state index in [2.05, 4.69) is 9.88 Å². The molecule has 0 saturated carbocycles. The first-order chi connectivity index (χ1) is 8.22. The Bertz CT molecular complexity index is 437. The minimum atomic E-state index is -0.983. The molecule has 2 aliphatic heterocycles. The molecule has 0 amide bonds. The molecular weight excluding hydrogens is 220 g/mol. The topological polar surface area (TPSA) is 62.7 Å². The Balaban J connectivity index is 1.84. The normalized spacial score (nSPS) is 27.2. The smallest absolute Gasteiger partial charge is 0.354 e. The number of rotatable bonds is 2. The van der Waals surface area contributed by atoms with Gasteiger partial charge in [0, 0.05) is 25.0 Å². The predicted octanol–water partition coefficient (Wildman–Crippen LogP) is 1.15. The number of nitrogens with zero attached hydrogens (tertiary/aromatic N) is 2. The van der Waals surface area contributed by atoms with E-state index in [-0.39, 0.29) is 5.69 Å². The highest BCUT2D eigenvalue weighted by molar-refractivity contribution is 5.86. The largest absolute Gasteiger partial charge is 0.477 e. The number of carbonyl (C=O) groups is 1. The lowest BCUT2D eigenvalue weighted by atomic mass is 10.2. The van der Waals surface area contributed by atoms with Gasteiger partial charge in [-0.1, -0.05) is 0 Å². The molecule has 0 aliphatic carbocycles. The average Bonchev–Trinajstić information content (AvgIpc) is 2.68. The third-order valence-corrected chi connectivity index (χ3v) is 3.37. The van der Waals surface area contributed by atoms with Gasteiger partial charge in [0.25, 0.3) is 0 Å². The second-order valence-electron chi connectivity index (χ2n) is 4.57. The highest BCUT2D eigenvalue weighted by atomic mass is 16.5. The lowest BCUT2D eigenvalue weighted by Gasteiger charge is -2.33. The van der Waals surface area contributed by atoms with Gasteiger partial charge in [-0.05, 0) is 25.0 Å². The summed E-state index contributed by atoms with van der Waals surface area (Å²) in [5.41, 5.74) is 1.03. The van der Waals surface area contributed by atoms with Crippen LogP contribution in [0.15, 0.2) is 18.3 Å². The van der Waals surface area contributed by atoms with Crippen molar-refractivity contribution in [1.29, 1.82) is 0 Å². The number of fused-ring (bicyclic) bond motifs is 2. The van der Waals surface area contributed by atoms with E-state index in [0.29, 0.717) is 12.2 Å². The number of carboxylic acids is 1. The molecule has 1 N–H and O–H groups in total. The Morgan fingerprint density at radius 1 is 1.41 bits per heavy atom. The van der Waals surface area contributed by atoms with Crippen molar-refractivity contribution in [3.8, 4) is 0 Å². The van der Waals surface area contributed by atoms with Crippen molar-refractivity contribution in [2.45, 2.75) is 25.0 Å². The summed E-state index contributed by atoms with van der Waals surface area (Å²) < 4.78 is 5.75. The molecule has 3 rings (SSSR count). The van der Waals surface area contributed by atoms with Crippen LogP contribution in [0.2, 0.25) is 0 Å². The third-order valence-electron chi connectivity index (χ3n) is 3.37. The Hall–Kier alpha value is -1.62. The van der Waals surface area contributed by atoms with E-state index in [1.165, 1.54) is 0 Å². The number of aromatic nitrogens is 1. The lowest BCUT2D eigenvalue weighted by molar-refractivity contribution is 0.0305. The molecule has 90 valence electrons. The van der Waals surface area contributed by atoms with Crippen LogP contribution in [0.4, 0.5) is 5.69 Å². The van der Waals surface area contributed by atoms with Crippen molar-refractivity contribution in [3.05, 3.63) is 24.0 Å². The van der Waals surface area contributed by atoms with Gasteiger partial charge >= 0.3 is 5.97 Å². The van der Waals surface area contributed by atoms with Gasteiger partial charge < -0.3 is 14.7 Å². The van der Waals surface area contributed by atoms with Gasteiger partial charge in [-0.15, -0.1) is 0 Å². The van der Waals surface area contributed by atoms with Crippen LogP contribution < -0.4 is 4.90 Å². The van der Waals surface area contributed by atoms with Crippen molar-refractivity contribution in [3.63, 3.8) is 0 Å². The van der Waals surface area contributed by atoms with Crippen LogP contribution in [-0.2, 0) is 4.74 Å². The average molecular weight is 234 g/mol. The van der Waals surface area contributed by atoms with Gasteiger partial charge in [-0.25, -0.2) is 9.78 Å². The zero-order chi connectivity index (χ0) is 11.8. The summed E-state index contributed by atoms with van der Waals surface area (Å²) in [5.74, 6) is -0.983. The molecule has 0 aromatic carbocycles. The number of pyridine rings is 1. The van der Waals surface area contributed by atoms with Gasteiger partial charge in [0.1, 0.15) is 5.69 Å². The molecule has 1 aromatic heterocycles. The minimum absolute atomic E-state index is 0.0985. The summed E-state index contributed by atoms with van der Waals surface area (Å²) in [4.78, 5) is 16.9. The monoisotopic (exact) mass is 234 g/mol. The first kappa shape index (κ1) is 10.5. The van der Waals surface area contributed by atoms with Gasteiger partial charge in [-0.3, -0.25) is 0 Å². The van der Waals surface area contributed by atoms with Crippen LogP contribution in [0.5, 0.6) is 0 Å². The maximum atomic E-state index is 10.9. The molecule has 0 spiro atoms. The molecule has 3 heterocycles. The van der Waals surface area contributed by atoms with E-state index in [1.54, 1.807) is 12.3 Å². The fraction of sp³-hybridized carbons (Fsp3) is 0.500. The Morgan fingerprint density at radius 3 is 2.76 bits per heavy atom. The number of hydrogen-bond acceptors (Lipinski definition) is 4. The molecule has 2 bridgehead atoms. The van der Waals surface area contributed by atoms with Crippen LogP contribution in [-0.4, -0.2) is 41.4 Å². The van der Waals surface area contributed by atoms with E-state index < -0.39 is 5.97 Å². The Morgan fingerprint density at radius 2 is 2.12 bits per heavy atom. The molecule has 2 fully saturated rings. The van der Waals surface area contributed by atoms with E-state index in [1.807, 2.05) is 6.07 Å². The lowest BCUT2D eigenvalue weighted by Crippen LogP contribution is -2.42. The number of aromatic carboxylic acids is 1. The molecular formula is C12H14N2O3. The van der Waals surface area contributed by atoms with Crippen LogP contribution in [0, 0.1) is 0 Å². The van der Waals surface area contributed by atoms with E-state index in [0.717, 1.165) is 31.6 Å². The van der Waals surface area contributed by atoms with Crippen molar-refractivity contribution in [2.75, 3.05) is 18.0 Å². The van der Waals surface area contributed by atoms with Crippen LogP contribution in [0.1, 0.15) is 23.3 Å². The fourth-order valence-corrected chi connectivity index (χ4v) is 2.56. The number of anilines is 1. The summed E-state index contributed by atoms with van der Waals surface area (Å²) >= 11 is 0. The summed E-state index contributed by atoms with van der Waals surface area (Å²) in [6.45, 7) is 1.69. The minimum Gasteiger partial charge on any atom is -0.477 e. The maximum absolute atomic E-state index is 10.9. The molecule has 5 nitrogen and oxygen atoms in total. The van der Waals surface area contributed by atoms with Crippen molar-refractivity contribution in [2.24, 2.45) is 0 Å². The SMILES string of the molecule is O=C(O)c1cc(N2CC3CCC(C2)O3)ccn1. The number of carboxylic acid groups (broad SMARTS) is 1. The quantitative estimate of drug-likeness (QED) is 0.831. The highest BCUT2D eigenvalue weighted by Gasteiger charge is 2.33. The molecule has 17 heavy (non-hydrogen) atoms. The Kier molecular flexibility index (Phi) is 2.48. The van der Waals surface area contributed by atoms with Crippen molar-refractivity contribution < 1.29 is 14.6 Å². The van der Waals surface area contributed by atoms with Crippen molar-refractivity contribution >= 4 is 11.7 Å². The molecule has 1 aromatic rings. The predicted molar refractivity (Wildman–Crippen MR) is 61.3 cm³/mol. The zero-order valence-electron chi connectivity index (χ0n) is 9.37. The van der Waals surface area contributed by atoms with Gasteiger partial charge in [0.05, 0.1) is 12.2 Å². The van der Waals surface area contributed by atoms with E-state index >= 15 is 0 Å². The summed E-state index contributed by atoms with van der Waals surface area (Å²) in [6, 6.07) is 3.49. The number of hydrogen-bond donors (Lipinski definition) is 1. The fourth-order valence-electron chi connectivity index (χ4n) is 2.56. The van der Waals surface area contributed by atoms with Crippen LogP contribution in [0.25, 0.3) is 0 Å². The van der Waals surface area contributed by atoms with Crippen LogP contribution >= 0.6 is 0 Å². The first-order valence-corrected chi connectivity index (χ1v) is 5.82. The number of morpholine rings is 1. The van der Waals surface area contributed by atoms with E-state index in [4.69, 9.17) is 9.84 Å². The zero-order valence-corrected chi connectivity index (χ0v) is 9.37. The van der Waals surface area contributed by atoms with Crippen LogP contribution in [0.3, 0.4) is 0 Å². The number of ether oxygens (including phenoxy) is 1. The van der Waals surface area contributed by atoms with Gasteiger partial charge in [0.2, 0.25) is 0 Å². The summed E-state index contributed by atoms with van der Waals surface area (Å²) in [7, 11) is 0. The highest BCUT2D eigenvalue weighted by Crippen LogP contribution is 2.29. The molecule has 2 aliphatic rings. The molecule has 2 unspecified atom stereocenters. The Labute approximate surface area is 99.0 Å². The maximum Gasteiger partial charge on any atom is 0.354 e. The van der Waals surface area contributed by atoms with E-state index in [9.17, 15) is 4.79 Å². The summed E-state index contributed by atoms with van der Waals surface area (Å²) in [5, 5.41) is 8.92. The molecule has 2 atom stereocenters. The third kappa shape index (κ3) is 1.98. The van der Waals surface area contributed by atoms with Gasteiger partial charge in [-0.2, -0.15) is 0 Å². The summed E-state index contributed by atoms with van der Waals surface area (Å²) in [6.07, 6.45) is 4.37.